The number of hydrogen-bond donors (Lipinski definition) is 2. The third-order valence-electron chi connectivity index (χ3n) is 9.88. The van der Waals surface area contributed by atoms with Crippen molar-refractivity contribution in [3.8, 4) is 17.2 Å². The Hall–Kier alpha value is -5.30. The molecule has 13 heteroatoms. The van der Waals surface area contributed by atoms with Gasteiger partial charge in [-0.1, -0.05) is 18.2 Å². The molecule has 3 amide bonds. The number of methoxy groups -OCH3 is 1. The maximum atomic E-state index is 14.0. The van der Waals surface area contributed by atoms with Gasteiger partial charge in [-0.05, 0) is 122 Å². The van der Waals surface area contributed by atoms with Crippen LogP contribution >= 0.6 is 0 Å². The number of para-hydroxylation sites is 1. The number of hydrogen-bond acceptors (Lipinski definition) is 10. The van der Waals surface area contributed by atoms with E-state index in [0.717, 1.165) is 50.8 Å². The zero-order valence-electron chi connectivity index (χ0n) is 34.9. The maximum Gasteiger partial charge on any atom is 0.407 e. The number of ketones is 1. The van der Waals surface area contributed by atoms with Crippen molar-refractivity contribution >= 4 is 35.1 Å². The van der Waals surface area contributed by atoms with Gasteiger partial charge < -0.3 is 44.7 Å². The van der Waals surface area contributed by atoms with Crippen molar-refractivity contribution in [2.24, 2.45) is 0 Å². The second-order valence-corrected chi connectivity index (χ2v) is 15.6. The minimum Gasteiger partial charge on any atom is -0.494 e. The second-order valence-electron chi connectivity index (χ2n) is 15.6. The Bertz CT molecular complexity index is 1850. The lowest BCUT2D eigenvalue weighted by atomic mass is 9.98. The van der Waals surface area contributed by atoms with E-state index in [4.69, 9.17) is 24.7 Å². The number of nitrogens with one attached hydrogen (secondary N) is 1. The topological polar surface area (TPSA) is 153 Å². The van der Waals surface area contributed by atoms with Crippen molar-refractivity contribution in [1.82, 2.24) is 15.1 Å². The van der Waals surface area contributed by atoms with Crippen LogP contribution in [0.2, 0.25) is 0 Å². The average Bonchev–Trinajstić information content (AvgIpc) is 3.17. The molecule has 57 heavy (non-hydrogen) atoms. The summed E-state index contributed by atoms with van der Waals surface area (Å²) in [6, 6.07) is 16.0. The molecule has 1 fully saturated rings. The van der Waals surface area contributed by atoms with E-state index >= 15 is 0 Å². The van der Waals surface area contributed by atoms with Crippen molar-refractivity contribution < 1.29 is 38.1 Å². The molecule has 0 spiro atoms. The van der Waals surface area contributed by atoms with E-state index < -0.39 is 23.4 Å². The molecule has 0 bridgehead atoms. The van der Waals surface area contributed by atoms with Crippen LogP contribution in [-0.2, 0) is 9.53 Å². The summed E-state index contributed by atoms with van der Waals surface area (Å²) in [5, 5.41) is 2.69. The Kier molecular flexibility index (Phi) is 16.2. The summed E-state index contributed by atoms with van der Waals surface area (Å²) in [4.78, 5) is 58.3. The van der Waals surface area contributed by atoms with Gasteiger partial charge in [-0.15, -0.1) is 0 Å². The molecule has 13 nitrogen and oxygen atoms in total. The van der Waals surface area contributed by atoms with Crippen LogP contribution in [0.25, 0.3) is 0 Å². The summed E-state index contributed by atoms with van der Waals surface area (Å²) in [6.07, 6.45) is 4.94. The molecule has 3 aromatic rings. The molecular weight excluding hydrogens is 727 g/mol. The van der Waals surface area contributed by atoms with Gasteiger partial charge in [0, 0.05) is 39.1 Å². The van der Waals surface area contributed by atoms with Crippen LogP contribution in [0.5, 0.6) is 17.2 Å². The predicted octanol–water partition coefficient (Wildman–Crippen LogP) is 6.88. The number of nitrogen functional groups attached to an aromatic ring is 1. The molecule has 3 aromatic carbocycles. The van der Waals surface area contributed by atoms with Crippen LogP contribution in [0.1, 0.15) is 97.6 Å². The van der Waals surface area contributed by atoms with E-state index in [1.54, 1.807) is 52.1 Å². The van der Waals surface area contributed by atoms with Crippen molar-refractivity contribution in [2.45, 2.75) is 84.3 Å². The summed E-state index contributed by atoms with van der Waals surface area (Å²) in [7, 11) is 7.23. The lowest BCUT2D eigenvalue weighted by Crippen LogP contribution is -2.44. The average molecular weight is 788 g/mol. The summed E-state index contributed by atoms with van der Waals surface area (Å²) in [5.41, 5.74) is 8.15. The Morgan fingerprint density at radius 3 is 2.19 bits per heavy atom. The Morgan fingerprint density at radius 2 is 1.51 bits per heavy atom. The van der Waals surface area contributed by atoms with E-state index in [1.807, 2.05) is 30.0 Å². The van der Waals surface area contributed by atoms with Gasteiger partial charge in [0.25, 0.3) is 5.91 Å². The van der Waals surface area contributed by atoms with Crippen molar-refractivity contribution in [2.75, 3.05) is 71.7 Å². The number of unbranched alkanes of at least 4 members (excludes halogenated alkanes) is 2. The van der Waals surface area contributed by atoms with E-state index in [0.29, 0.717) is 54.8 Å². The number of carbonyl (C=O) groups is 4. The first-order chi connectivity index (χ1) is 27.1. The number of anilines is 2. The highest BCUT2D eigenvalue weighted by atomic mass is 16.6. The highest BCUT2D eigenvalue weighted by Gasteiger charge is 2.27. The highest BCUT2D eigenvalue weighted by molar-refractivity contribution is 6.16. The van der Waals surface area contributed by atoms with Gasteiger partial charge in [0.15, 0.2) is 5.75 Å². The number of nitrogens with zero attached hydrogens (tertiary/aromatic N) is 3. The molecule has 0 saturated carbocycles. The summed E-state index contributed by atoms with van der Waals surface area (Å²) in [5.74, 6) is 0.413. The van der Waals surface area contributed by atoms with Crippen LogP contribution in [0.3, 0.4) is 0 Å². The number of amides is 3. The first-order valence-corrected chi connectivity index (χ1v) is 19.8. The molecule has 1 aliphatic rings. The van der Waals surface area contributed by atoms with Gasteiger partial charge in [0.05, 0.1) is 48.4 Å². The van der Waals surface area contributed by atoms with Gasteiger partial charge in [-0.3, -0.25) is 14.4 Å². The van der Waals surface area contributed by atoms with E-state index in [2.05, 4.69) is 24.3 Å². The van der Waals surface area contributed by atoms with Crippen LogP contribution in [0.15, 0.2) is 54.6 Å². The molecule has 1 heterocycles. The summed E-state index contributed by atoms with van der Waals surface area (Å²) >= 11 is 0. The summed E-state index contributed by atoms with van der Waals surface area (Å²) < 4.78 is 23.0. The Labute approximate surface area is 337 Å². The van der Waals surface area contributed by atoms with Crippen LogP contribution < -0.4 is 30.2 Å². The van der Waals surface area contributed by atoms with E-state index in [1.165, 1.54) is 24.1 Å². The number of carbonyl (C=O) groups excluding carboxylic acids is 4. The van der Waals surface area contributed by atoms with Gasteiger partial charge in [0.2, 0.25) is 11.7 Å². The molecule has 0 aliphatic carbocycles. The van der Waals surface area contributed by atoms with Crippen LogP contribution in [0.4, 0.5) is 16.2 Å². The SMILES string of the molecule is COc1c(C(=O)c2ccccc2OCCCNC(=O)OC(C)(C)C)ccc(C(=O)N(C)c2ccc(C)cc2OCCCCCC(=O)N2CCC(N(C)C)CC2)c1N. The number of rotatable bonds is 18. The molecule has 1 saturated heterocycles. The number of nitrogens with two attached hydrogens (primary N) is 1. The minimum atomic E-state index is -0.597. The highest BCUT2D eigenvalue weighted by Crippen LogP contribution is 2.36. The second kappa shape index (κ2) is 20.7. The molecule has 0 aromatic heterocycles. The third kappa shape index (κ3) is 12.6. The Balaban J connectivity index is 1.36. The number of piperidine rings is 1. The fourth-order valence-electron chi connectivity index (χ4n) is 6.70. The number of alkyl carbamates (subject to hydrolysis) is 1. The summed E-state index contributed by atoms with van der Waals surface area (Å²) in [6.45, 7) is 9.97. The number of ether oxygens (including phenoxy) is 4. The van der Waals surface area contributed by atoms with Crippen molar-refractivity contribution in [3.05, 3.63) is 76.9 Å². The standard InChI is InChI=1S/C44H61N5O8/c1-30-18-21-35(37(29-30)56-27-13-9-10-17-38(50)49-25-22-31(23-26-49)47(5)6)48(7)42(52)33-19-20-34(41(54-8)39(33)45)40(51)32-15-11-12-16-36(32)55-28-14-24-46-43(53)57-44(2,3)4/h11-12,15-16,18-21,29,31H,9-10,13-14,17,22-28,45H2,1-8H3,(H,46,53). The lowest BCUT2D eigenvalue weighted by Gasteiger charge is -2.35. The fraction of sp³-hybridized carbons (Fsp3) is 0.500. The molecule has 4 rings (SSSR count). The van der Waals surface area contributed by atoms with Crippen LogP contribution in [0, 0.1) is 6.92 Å². The zero-order valence-corrected chi connectivity index (χ0v) is 34.9. The maximum absolute atomic E-state index is 14.0. The molecule has 3 N–H and O–H groups in total. The molecular formula is C44H61N5O8. The van der Waals surface area contributed by atoms with Crippen LogP contribution in [-0.4, -0.2) is 106 Å². The quantitative estimate of drug-likeness (QED) is 0.0793. The molecule has 1 aliphatic heterocycles. The lowest BCUT2D eigenvalue weighted by molar-refractivity contribution is -0.132. The van der Waals surface area contributed by atoms with Gasteiger partial charge in [-0.2, -0.15) is 0 Å². The first-order valence-electron chi connectivity index (χ1n) is 19.8. The van der Waals surface area contributed by atoms with E-state index in [9.17, 15) is 19.2 Å². The Morgan fingerprint density at radius 1 is 0.842 bits per heavy atom. The normalized spacial score (nSPS) is 13.2. The fourth-order valence-corrected chi connectivity index (χ4v) is 6.70. The predicted molar refractivity (Wildman–Crippen MR) is 223 cm³/mol. The zero-order chi connectivity index (χ0) is 41.7. The van der Waals surface area contributed by atoms with Gasteiger partial charge in [0.1, 0.15) is 17.1 Å². The minimum absolute atomic E-state index is 0.0259. The molecule has 0 radical (unpaired) electrons. The number of benzene rings is 3. The molecule has 0 atom stereocenters. The molecule has 0 unspecified atom stereocenters. The monoisotopic (exact) mass is 787 g/mol. The molecule has 310 valence electrons. The van der Waals surface area contributed by atoms with Gasteiger partial charge >= 0.3 is 6.09 Å². The van der Waals surface area contributed by atoms with E-state index in [-0.39, 0.29) is 35.1 Å². The van der Waals surface area contributed by atoms with Crippen molar-refractivity contribution in [3.63, 3.8) is 0 Å². The van der Waals surface area contributed by atoms with Crippen molar-refractivity contribution in [1.29, 1.82) is 0 Å². The van der Waals surface area contributed by atoms with Gasteiger partial charge in [-0.25, -0.2) is 4.79 Å². The largest absolute Gasteiger partial charge is 0.494 e. The number of aryl methyl sites for hydroxylation is 1. The first kappa shape index (κ1) is 44.4. The third-order valence-corrected chi connectivity index (χ3v) is 9.88. The number of likely N-dealkylation sites (tertiary alicyclic amines) is 1. The smallest absolute Gasteiger partial charge is 0.407 e.